The van der Waals surface area contributed by atoms with Gasteiger partial charge in [0.1, 0.15) is 0 Å². The van der Waals surface area contributed by atoms with Crippen LogP contribution in [0.25, 0.3) is 22.8 Å². The van der Waals surface area contributed by atoms with Crippen LogP contribution in [-0.2, 0) is 11.9 Å². The Kier molecular flexibility index (Phi) is 6.16. The molecule has 0 saturated heterocycles. The van der Waals surface area contributed by atoms with Gasteiger partial charge in [-0.1, -0.05) is 0 Å². The first-order valence-electron chi connectivity index (χ1n) is 9.86. The number of rotatable bonds is 4. The summed E-state index contributed by atoms with van der Waals surface area (Å²) in [6.45, 7) is 0. The summed E-state index contributed by atoms with van der Waals surface area (Å²) in [6.07, 6.45) is 0. The van der Waals surface area contributed by atoms with Gasteiger partial charge in [0.25, 0.3) is 0 Å². The zero-order valence-corrected chi connectivity index (χ0v) is 20.9. The number of thiophene rings is 1. The molecule has 3 nitrogen and oxygen atoms in total. The first-order valence-corrected chi connectivity index (χ1v) is 17.1. The van der Waals surface area contributed by atoms with Crippen LogP contribution in [0.4, 0.5) is 0 Å². The molecule has 0 unspecified atom stereocenters. The van der Waals surface area contributed by atoms with Crippen molar-refractivity contribution < 1.29 is 11.9 Å². The van der Waals surface area contributed by atoms with E-state index in [1.54, 1.807) is 11.3 Å². The summed E-state index contributed by atoms with van der Waals surface area (Å²) in [5.41, 5.74) is 2.88. The molecule has 32 heavy (non-hydrogen) atoms. The second-order valence-corrected chi connectivity index (χ2v) is 17.1. The van der Waals surface area contributed by atoms with E-state index < -0.39 is 11.9 Å². The van der Waals surface area contributed by atoms with Crippen LogP contribution in [0.15, 0.2) is 109 Å². The molecular formula is C25H19Cl2N3RuS. The molecule has 162 valence electrons. The maximum atomic E-state index is 7.27. The third-order valence-corrected chi connectivity index (χ3v) is 11.2. The summed E-state index contributed by atoms with van der Waals surface area (Å²) < 4.78 is 6.85. The Morgan fingerprint density at radius 2 is 1.31 bits per heavy atom. The fourth-order valence-electron chi connectivity index (χ4n) is 3.39. The van der Waals surface area contributed by atoms with Gasteiger partial charge in [0.15, 0.2) is 0 Å². The molecule has 0 aliphatic rings. The van der Waals surface area contributed by atoms with Gasteiger partial charge in [-0.05, 0) is 0 Å². The molecule has 7 heteroatoms. The minimum atomic E-state index is -3.56. The predicted octanol–water partition coefficient (Wildman–Crippen LogP) is 7.24. The summed E-state index contributed by atoms with van der Waals surface area (Å²) in [6, 6.07) is 34.3. The van der Waals surface area contributed by atoms with Crippen molar-refractivity contribution in [3.63, 3.8) is 0 Å². The molecule has 3 aromatic carbocycles. The Labute approximate surface area is 200 Å². The third kappa shape index (κ3) is 4.26. The fourth-order valence-corrected chi connectivity index (χ4v) is 10.6. The average molecular weight is 565 g/mol. The number of nitrogens with zero attached hydrogens (tertiary/aromatic N) is 3. The molecule has 5 aromatic rings. The number of benzene rings is 3. The van der Waals surface area contributed by atoms with E-state index >= 15 is 0 Å². The summed E-state index contributed by atoms with van der Waals surface area (Å²) in [4.78, 5) is 1.06. The van der Waals surface area contributed by atoms with Crippen molar-refractivity contribution >= 4 is 35.3 Å². The monoisotopic (exact) mass is 565 g/mol. The van der Waals surface area contributed by atoms with Gasteiger partial charge in [0.05, 0.1) is 0 Å². The van der Waals surface area contributed by atoms with Crippen molar-refractivity contribution in [1.82, 2.24) is 14.3 Å². The fraction of sp³-hybridized carbons (Fsp3) is 0. The van der Waals surface area contributed by atoms with Crippen molar-refractivity contribution in [2.45, 2.75) is 0 Å². The van der Waals surface area contributed by atoms with Gasteiger partial charge in [0, 0.05) is 0 Å². The molecule has 2 heterocycles. The van der Waals surface area contributed by atoms with Gasteiger partial charge < -0.3 is 0 Å². The average Bonchev–Trinajstić information content (AvgIpc) is 3.49. The second kappa shape index (κ2) is 9.21. The molecule has 0 amide bonds. The SMILES string of the molecule is [Cl][Ru]([Cl])(=[CH]c1cccs1)=[c]1n(-c2ccccc2)nc(-c2ccccc2)n1-c1ccccc1. The Hall–Kier alpha value is -2.43. The number of aromatic nitrogens is 3. The number of halogens is 2. The predicted molar refractivity (Wildman–Crippen MR) is 133 cm³/mol. The van der Waals surface area contributed by atoms with E-state index in [2.05, 4.69) is 28.8 Å². The van der Waals surface area contributed by atoms with Crippen LogP contribution in [-0.4, -0.2) is 19.0 Å². The molecule has 2 aromatic heterocycles. The first kappa shape index (κ1) is 21.4. The Morgan fingerprint density at radius 1 is 0.719 bits per heavy atom. The number of hydrogen-bond donors (Lipinski definition) is 0. The molecule has 0 fully saturated rings. The van der Waals surface area contributed by atoms with Gasteiger partial charge >= 0.3 is 202 Å². The van der Waals surface area contributed by atoms with E-state index in [1.807, 2.05) is 93.5 Å². The molecule has 5 rings (SSSR count). The third-order valence-electron chi connectivity index (χ3n) is 4.79. The van der Waals surface area contributed by atoms with Crippen LogP contribution < -0.4 is 0 Å². The first-order chi connectivity index (χ1) is 15.6. The summed E-state index contributed by atoms with van der Waals surface area (Å²) in [5.74, 6) is 0.793. The summed E-state index contributed by atoms with van der Waals surface area (Å²) in [5, 5.41) is 7.09. The molecule has 0 atom stereocenters. The number of para-hydroxylation sites is 2. The molecular weight excluding hydrogens is 546 g/mol. The summed E-state index contributed by atoms with van der Waals surface area (Å²) >= 11 is -1.93. The van der Waals surface area contributed by atoms with Crippen LogP contribution in [0.5, 0.6) is 0 Å². The molecule has 0 bridgehead atoms. The Balaban J connectivity index is 2.00. The maximum absolute atomic E-state index is 7.27. The molecule has 0 spiro atoms. The standard InChI is InChI=1S/C20H15N3.C5H4S.2ClH.Ru/c1-4-10-17(11-5-1)20-21-23(19-14-8-3-9-15-19)16-22(20)18-12-6-2-7-13-18;1-5-3-2-4-6-5;;;/h1-15H;1-4H;2*1H;/q;;;;+2/p-2. The number of hydrogen-bond acceptors (Lipinski definition) is 2. The van der Waals surface area contributed by atoms with Crippen molar-refractivity contribution in [1.29, 1.82) is 0 Å². The summed E-state index contributed by atoms with van der Waals surface area (Å²) in [7, 11) is 14.5. The van der Waals surface area contributed by atoms with Crippen molar-refractivity contribution in [3.8, 4) is 22.8 Å². The van der Waals surface area contributed by atoms with Gasteiger partial charge in [0.2, 0.25) is 0 Å². The molecule has 0 aliphatic carbocycles. The zero-order chi connectivity index (χ0) is 22.0. The van der Waals surface area contributed by atoms with Crippen molar-refractivity contribution in [2.75, 3.05) is 0 Å². The zero-order valence-electron chi connectivity index (χ0n) is 16.8. The van der Waals surface area contributed by atoms with Gasteiger partial charge in [-0.3, -0.25) is 0 Å². The molecule has 0 N–H and O–H groups in total. The van der Waals surface area contributed by atoms with Crippen LogP contribution in [0.2, 0.25) is 0 Å². The van der Waals surface area contributed by atoms with E-state index in [1.165, 1.54) is 0 Å². The van der Waals surface area contributed by atoms with E-state index in [0.717, 1.165) is 31.7 Å². The molecule has 0 radical (unpaired) electrons. The molecule has 0 aliphatic heterocycles. The normalized spacial score (nSPS) is 11.9. The van der Waals surface area contributed by atoms with E-state index in [0.29, 0.717) is 0 Å². The van der Waals surface area contributed by atoms with Gasteiger partial charge in [-0.15, -0.1) is 0 Å². The van der Waals surface area contributed by atoms with E-state index in [-0.39, 0.29) is 0 Å². The minimum absolute atomic E-state index is 0.793. The van der Waals surface area contributed by atoms with Crippen LogP contribution in [0.1, 0.15) is 4.88 Å². The van der Waals surface area contributed by atoms with Crippen LogP contribution in [0, 0.1) is 4.01 Å². The Morgan fingerprint density at radius 3 is 1.91 bits per heavy atom. The van der Waals surface area contributed by atoms with Gasteiger partial charge in [-0.2, -0.15) is 0 Å². The van der Waals surface area contributed by atoms with Crippen molar-refractivity contribution in [2.24, 2.45) is 0 Å². The quantitative estimate of drug-likeness (QED) is 0.211. The van der Waals surface area contributed by atoms with Crippen molar-refractivity contribution in [3.05, 3.63) is 117 Å². The van der Waals surface area contributed by atoms with Crippen LogP contribution in [0.3, 0.4) is 0 Å². The second-order valence-electron chi connectivity index (χ2n) is 6.92. The molecule has 0 saturated carbocycles. The van der Waals surface area contributed by atoms with Crippen LogP contribution >= 0.6 is 30.7 Å². The van der Waals surface area contributed by atoms with E-state index in [9.17, 15) is 0 Å². The van der Waals surface area contributed by atoms with Gasteiger partial charge in [-0.25, -0.2) is 0 Å². The van der Waals surface area contributed by atoms with E-state index in [4.69, 9.17) is 24.5 Å². The topological polar surface area (TPSA) is 22.8 Å². The Bertz CT molecular complexity index is 1490.